The molecule has 3 atom stereocenters. The fourth-order valence-corrected chi connectivity index (χ4v) is 5.04. The fraction of sp³-hybridized carbons (Fsp3) is 0.632. The van der Waals surface area contributed by atoms with Gasteiger partial charge in [-0.3, -0.25) is 4.79 Å². The van der Waals surface area contributed by atoms with Crippen molar-refractivity contribution in [3.63, 3.8) is 0 Å². The molecule has 1 saturated carbocycles. The van der Waals surface area contributed by atoms with Gasteiger partial charge in [-0.2, -0.15) is 16.8 Å². The van der Waals surface area contributed by atoms with Gasteiger partial charge in [-0.15, -0.1) is 0 Å². The van der Waals surface area contributed by atoms with Crippen molar-refractivity contribution in [1.82, 2.24) is 4.90 Å². The van der Waals surface area contributed by atoms with E-state index < -0.39 is 0 Å². The number of fused-ring (bicyclic) bond motifs is 1. The molecule has 1 unspecified atom stereocenters. The van der Waals surface area contributed by atoms with Gasteiger partial charge < -0.3 is 4.90 Å². The fourth-order valence-electron chi connectivity index (χ4n) is 3.78. The van der Waals surface area contributed by atoms with Crippen LogP contribution in [0, 0.1) is 11.8 Å². The first kappa shape index (κ1) is 17.6. The van der Waals surface area contributed by atoms with Crippen LogP contribution in [0.3, 0.4) is 0 Å². The monoisotopic (exact) mass is 345 g/mol. The number of allylic oxidation sites excluding steroid dienone is 3. The second-order valence-electron chi connectivity index (χ2n) is 7.30. The molecule has 1 heterocycles. The zero-order valence-electron chi connectivity index (χ0n) is 14.9. The van der Waals surface area contributed by atoms with Crippen LogP contribution >= 0.6 is 11.8 Å². The number of hydrogen-bond donors (Lipinski definition) is 0. The van der Waals surface area contributed by atoms with Gasteiger partial charge in [-0.25, -0.2) is 4.99 Å². The van der Waals surface area contributed by atoms with Crippen molar-refractivity contribution < 1.29 is 4.79 Å². The second-order valence-corrected chi connectivity index (χ2v) is 8.59. The van der Waals surface area contributed by atoms with Gasteiger partial charge >= 0.3 is 0 Å². The van der Waals surface area contributed by atoms with Gasteiger partial charge in [0.25, 0.3) is 5.91 Å². The molecule has 1 aliphatic heterocycles. The Morgan fingerprint density at radius 1 is 1.29 bits per heavy atom. The SMILES string of the molecule is CC1=CC=CC2C(=O)N=C(CS[C@@H]3CCC[C@H](CN(C)C)C3)N=C12. The summed E-state index contributed by atoms with van der Waals surface area (Å²) in [7, 11) is 4.31. The number of thioether (sulfide) groups is 1. The van der Waals surface area contributed by atoms with Crippen LogP contribution in [0.15, 0.2) is 33.8 Å². The Bertz CT molecular complexity index is 618. The molecule has 0 bridgehead atoms. The van der Waals surface area contributed by atoms with Gasteiger partial charge in [0.15, 0.2) is 0 Å². The molecule has 0 saturated heterocycles. The van der Waals surface area contributed by atoms with Crippen LogP contribution in [0.25, 0.3) is 0 Å². The number of nitrogens with zero attached hydrogens (tertiary/aromatic N) is 3. The summed E-state index contributed by atoms with van der Waals surface area (Å²) >= 11 is 1.93. The Balaban J connectivity index is 1.58. The van der Waals surface area contributed by atoms with Crippen molar-refractivity contribution in [2.75, 3.05) is 26.4 Å². The number of rotatable bonds is 5. The van der Waals surface area contributed by atoms with Crippen molar-refractivity contribution in [1.29, 1.82) is 0 Å². The van der Waals surface area contributed by atoms with Crippen molar-refractivity contribution >= 4 is 29.2 Å². The predicted octanol–water partition coefficient (Wildman–Crippen LogP) is 3.35. The molecule has 1 amide bonds. The molecular formula is C19H27N3OS. The predicted molar refractivity (Wildman–Crippen MR) is 103 cm³/mol. The van der Waals surface area contributed by atoms with Gasteiger partial charge in [-0.05, 0) is 51.8 Å². The minimum atomic E-state index is -0.261. The Kier molecular flexibility index (Phi) is 5.72. The molecule has 0 aromatic heterocycles. The van der Waals surface area contributed by atoms with Crippen LogP contribution in [-0.4, -0.2) is 54.0 Å². The molecule has 0 N–H and O–H groups in total. The van der Waals surface area contributed by atoms with E-state index in [4.69, 9.17) is 0 Å². The van der Waals surface area contributed by atoms with Crippen LogP contribution < -0.4 is 0 Å². The van der Waals surface area contributed by atoms with Crippen molar-refractivity contribution in [3.05, 3.63) is 23.8 Å². The van der Waals surface area contributed by atoms with Gasteiger partial charge in [0.05, 0.1) is 11.5 Å². The highest BCUT2D eigenvalue weighted by atomic mass is 32.2. The molecule has 0 aromatic rings. The third-order valence-corrected chi connectivity index (χ3v) is 6.23. The van der Waals surface area contributed by atoms with Crippen LogP contribution in [-0.2, 0) is 4.79 Å². The summed E-state index contributed by atoms with van der Waals surface area (Å²) in [5.41, 5.74) is 1.97. The Morgan fingerprint density at radius 3 is 2.92 bits per heavy atom. The Hall–Kier alpha value is -1.20. The minimum Gasteiger partial charge on any atom is -0.309 e. The van der Waals surface area contributed by atoms with Gasteiger partial charge in [0.1, 0.15) is 11.8 Å². The highest BCUT2D eigenvalue weighted by Crippen LogP contribution is 2.33. The average Bonchev–Trinajstić information content (AvgIpc) is 2.54. The highest BCUT2D eigenvalue weighted by Gasteiger charge is 2.29. The summed E-state index contributed by atoms with van der Waals surface area (Å²) in [6.07, 6.45) is 11.0. The average molecular weight is 346 g/mol. The standard InChI is InChI=1S/C19H27N3OS/c1-13-6-4-9-16-18(13)20-17(21-19(16)23)12-24-15-8-5-7-14(10-15)11-22(2)3/h4,6,9,14-16H,5,7-8,10-12H2,1-3H3/t14-,15+,16?/m0/s1. The highest BCUT2D eigenvalue weighted by molar-refractivity contribution is 8.00. The molecule has 24 heavy (non-hydrogen) atoms. The maximum Gasteiger partial charge on any atom is 0.260 e. The van der Waals surface area contributed by atoms with E-state index in [2.05, 4.69) is 29.0 Å². The first-order chi connectivity index (χ1) is 11.5. The summed E-state index contributed by atoms with van der Waals surface area (Å²) in [6, 6.07) is 0. The second kappa shape index (κ2) is 7.79. The molecule has 3 aliphatic rings. The molecule has 0 aromatic carbocycles. The maximum atomic E-state index is 12.2. The number of hydrogen-bond acceptors (Lipinski definition) is 4. The summed E-state index contributed by atoms with van der Waals surface area (Å²) in [4.78, 5) is 23.5. The number of aliphatic imine (C=N–C) groups is 2. The molecule has 0 spiro atoms. The molecule has 4 nitrogen and oxygen atoms in total. The molecule has 2 aliphatic carbocycles. The largest absolute Gasteiger partial charge is 0.309 e. The number of carbonyl (C=O) groups excluding carboxylic acids is 1. The zero-order valence-corrected chi connectivity index (χ0v) is 15.7. The quantitative estimate of drug-likeness (QED) is 0.767. The first-order valence-corrected chi connectivity index (χ1v) is 9.89. The number of amides is 1. The number of carbonyl (C=O) groups is 1. The number of amidine groups is 1. The molecule has 3 rings (SSSR count). The van der Waals surface area contributed by atoms with Gasteiger partial charge in [-0.1, -0.05) is 24.6 Å². The maximum absolute atomic E-state index is 12.2. The summed E-state index contributed by atoms with van der Waals surface area (Å²) in [5.74, 6) is 1.93. The molecule has 0 radical (unpaired) electrons. The lowest BCUT2D eigenvalue weighted by atomic mass is 9.88. The van der Waals surface area contributed by atoms with E-state index in [0.717, 1.165) is 23.0 Å². The zero-order chi connectivity index (χ0) is 17.1. The van der Waals surface area contributed by atoms with E-state index in [0.29, 0.717) is 11.1 Å². The summed E-state index contributed by atoms with van der Waals surface area (Å²) < 4.78 is 0. The van der Waals surface area contributed by atoms with Crippen LogP contribution in [0.1, 0.15) is 32.6 Å². The lowest BCUT2D eigenvalue weighted by molar-refractivity contribution is -0.118. The molecule has 5 heteroatoms. The molecule has 1 fully saturated rings. The first-order valence-electron chi connectivity index (χ1n) is 8.84. The normalized spacial score (nSPS) is 29.9. The Morgan fingerprint density at radius 2 is 2.12 bits per heavy atom. The third kappa shape index (κ3) is 4.25. The van der Waals surface area contributed by atoms with E-state index in [1.165, 1.54) is 32.2 Å². The van der Waals surface area contributed by atoms with E-state index in [-0.39, 0.29) is 11.8 Å². The van der Waals surface area contributed by atoms with E-state index in [1.807, 2.05) is 36.9 Å². The van der Waals surface area contributed by atoms with Crippen molar-refractivity contribution in [2.24, 2.45) is 21.8 Å². The van der Waals surface area contributed by atoms with E-state index >= 15 is 0 Å². The lowest BCUT2D eigenvalue weighted by Gasteiger charge is -2.30. The third-order valence-electron chi connectivity index (χ3n) is 4.91. The lowest BCUT2D eigenvalue weighted by Crippen LogP contribution is -2.30. The summed E-state index contributed by atoms with van der Waals surface area (Å²) in [6.45, 7) is 3.20. The van der Waals surface area contributed by atoms with Crippen molar-refractivity contribution in [3.8, 4) is 0 Å². The van der Waals surface area contributed by atoms with Gasteiger partial charge in [0, 0.05) is 11.8 Å². The van der Waals surface area contributed by atoms with E-state index in [1.54, 1.807) is 0 Å². The van der Waals surface area contributed by atoms with Crippen LogP contribution in [0.2, 0.25) is 0 Å². The molecule has 130 valence electrons. The van der Waals surface area contributed by atoms with E-state index in [9.17, 15) is 4.79 Å². The summed E-state index contributed by atoms with van der Waals surface area (Å²) in [5, 5.41) is 0.669. The van der Waals surface area contributed by atoms with Crippen LogP contribution in [0.4, 0.5) is 0 Å². The minimum absolute atomic E-state index is 0.0616. The smallest absolute Gasteiger partial charge is 0.260 e. The van der Waals surface area contributed by atoms with Gasteiger partial charge in [0.2, 0.25) is 0 Å². The Labute approximate surface area is 149 Å². The van der Waals surface area contributed by atoms with Crippen LogP contribution in [0.5, 0.6) is 0 Å². The topological polar surface area (TPSA) is 45.0 Å². The van der Waals surface area contributed by atoms with Crippen molar-refractivity contribution in [2.45, 2.75) is 37.9 Å². The molecular weight excluding hydrogens is 318 g/mol.